The lowest BCUT2D eigenvalue weighted by Gasteiger charge is -2.26. The van der Waals surface area contributed by atoms with E-state index in [1.54, 1.807) is 0 Å². The molecule has 9 aromatic rings. The lowest BCUT2D eigenvalue weighted by Crippen LogP contribution is -2.10. The molecule has 0 saturated carbocycles. The van der Waals surface area contributed by atoms with Gasteiger partial charge in [-0.05, 0) is 129 Å². The first kappa shape index (κ1) is 31.0. The molecule has 3 heteroatoms. The third-order valence-electron chi connectivity index (χ3n) is 10.7. The minimum atomic E-state index is 0.524. The van der Waals surface area contributed by atoms with Crippen molar-refractivity contribution in [1.82, 2.24) is 9.13 Å². The smallest absolute Gasteiger partial charge is 0.0541 e. The van der Waals surface area contributed by atoms with Gasteiger partial charge in [-0.25, -0.2) is 0 Å². The average molecular weight is 660 g/mol. The molecule has 1 atom stereocenters. The van der Waals surface area contributed by atoms with Crippen molar-refractivity contribution in [2.75, 3.05) is 4.90 Å². The van der Waals surface area contributed by atoms with E-state index in [0.29, 0.717) is 5.92 Å². The summed E-state index contributed by atoms with van der Waals surface area (Å²) in [6, 6.07) is 58.2. The topological polar surface area (TPSA) is 13.1 Å². The van der Waals surface area contributed by atoms with E-state index in [1.807, 2.05) is 0 Å². The van der Waals surface area contributed by atoms with Crippen LogP contribution in [0.4, 0.5) is 17.1 Å². The van der Waals surface area contributed by atoms with E-state index < -0.39 is 0 Å². The Morgan fingerprint density at radius 1 is 0.451 bits per heavy atom. The number of fused-ring (bicyclic) bond motifs is 6. The third kappa shape index (κ3) is 5.20. The summed E-state index contributed by atoms with van der Waals surface area (Å²) in [6.45, 7) is 8.89. The Balaban J connectivity index is 1.16. The Morgan fingerprint density at radius 2 is 0.843 bits per heavy atom. The van der Waals surface area contributed by atoms with Crippen LogP contribution in [0.1, 0.15) is 42.9 Å². The van der Waals surface area contributed by atoms with Gasteiger partial charge in [0.2, 0.25) is 0 Å². The highest BCUT2D eigenvalue weighted by Crippen LogP contribution is 2.39. The first-order valence-electron chi connectivity index (χ1n) is 18.1. The van der Waals surface area contributed by atoms with Gasteiger partial charge in [-0.15, -0.1) is 0 Å². The molecule has 248 valence electrons. The minimum Gasteiger partial charge on any atom is -0.311 e. The zero-order valence-corrected chi connectivity index (χ0v) is 29.6. The van der Waals surface area contributed by atoms with Gasteiger partial charge in [0.05, 0.1) is 22.1 Å². The van der Waals surface area contributed by atoms with Crippen molar-refractivity contribution in [3.8, 4) is 11.4 Å². The predicted octanol–water partition coefficient (Wildman–Crippen LogP) is 13.5. The monoisotopic (exact) mass is 659 g/mol. The van der Waals surface area contributed by atoms with E-state index >= 15 is 0 Å². The molecule has 0 radical (unpaired) electrons. The molecule has 0 spiro atoms. The van der Waals surface area contributed by atoms with Gasteiger partial charge in [0.1, 0.15) is 0 Å². The summed E-state index contributed by atoms with van der Waals surface area (Å²) < 4.78 is 4.78. The fourth-order valence-corrected chi connectivity index (χ4v) is 7.87. The van der Waals surface area contributed by atoms with Crippen LogP contribution in [0, 0.1) is 13.8 Å². The Labute approximate surface area is 299 Å². The van der Waals surface area contributed by atoms with Crippen LogP contribution in [0.3, 0.4) is 0 Å². The van der Waals surface area contributed by atoms with Crippen LogP contribution in [0.2, 0.25) is 0 Å². The number of rotatable bonds is 7. The zero-order valence-electron chi connectivity index (χ0n) is 29.6. The van der Waals surface area contributed by atoms with Gasteiger partial charge in [-0.1, -0.05) is 85.6 Å². The largest absolute Gasteiger partial charge is 0.311 e. The summed E-state index contributed by atoms with van der Waals surface area (Å²) in [5.74, 6) is 0.524. The Hall–Kier alpha value is -6.06. The maximum atomic E-state index is 2.39. The van der Waals surface area contributed by atoms with Crippen LogP contribution in [-0.2, 0) is 0 Å². The van der Waals surface area contributed by atoms with Gasteiger partial charge in [-0.3, -0.25) is 0 Å². The highest BCUT2D eigenvalue weighted by atomic mass is 15.1. The van der Waals surface area contributed by atoms with Crippen molar-refractivity contribution in [1.29, 1.82) is 0 Å². The lowest BCUT2D eigenvalue weighted by molar-refractivity contribution is 0.733. The van der Waals surface area contributed by atoms with E-state index in [2.05, 4.69) is 199 Å². The van der Waals surface area contributed by atoms with Crippen LogP contribution < -0.4 is 4.90 Å². The van der Waals surface area contributed by atoms with Crippen LogP contribution >= 0.6 is 0 Å². The number of anilines is 3. The van der Waals surface area contributed by atoms with Gasteiger partial charge < -0.3 is 14.0 Å². The molecule has 0 aliphatic rings. The lowest BCUT2D eigenvalue weighted by atomic mass is 9.98. The van der Waals surface area contributed by atoms with Gasteiger partial charge in [-0.2, -0.15) is 0 Å². The van der Waals surface area contributed by atoms with Crippen LogP contribution in [0.15, 0.2) is 158 Å². The standard InChI is InChI=1S/C48H41N3/c1-5-34(4)35-16-18-36(19-17-35)49(37-20-24-39(25-21-37)50-45-12-8-6-10-41(45)43-30-32(2)14-28-47(43)50)38-22-26-40(27-23-38)51-46-13-9-7-11-42(46)44-31-33(3)15-29-48(44)51/h6-31,34H,5H2,1-4H3. The zero-order chi connectivity index (χ0) is 34.6. The normalized spacial score (nSPS) is 12.3. The molecule has 0 bridgehead atoms. The average Bonchev–Trinajstić information content (AvgIpc) is 3.67. The molecular formula is C48H41N3. The van der Waals surface area contributed by atoms with Crippen LogP contribution in [0.25, 0.3) is 55.0 Å². The summed E-state index contributed by atoms with van der Waals surface area (Å²) in [5.41, 5.74) is 14.5. The number of hydrogen-bond donors (Lipinski definition) is 0. The second kappa shape index (κ2) is 12.4. The number of aromatic nitrogens is 2. The van der Waals surface area contributed by atoms with Crippen LogP contribution in [-0.4, -0.2) is 9.13 Å². The fraction of sp³-hybridized carbons (Fsp3) is 0.125. The van der Waals surface area contributed by atoms with Crippen molar-refractivity contribution in [3.63, 3.8) is 0 Å². The molecule has 0 aliphatic heterocycles. The summed E-state index contributed by atoms with van der Waals surface area (Å²) in [5, 5.41) is 5.14. The molecule has 7 aromatic carbocycles. The van der Waals surface area contributed by atoms with E-state index in [9.17, 15) is 0 Å². The minimum absolute atomic E-state index is 0.524. The Morgan fingerprint density at radius 3 is 1.27 bits per heavy atom. The third-order valence-corrected chi connectivity index (χ3v) is 10.7. The second-order valence-electron chi connectivity index (χ2n) is 14.0. The molecule has 0 saturated heterocycles. The van der Waals surface area contributed by atoms with Crippen molar-refractivity contribution in [2.45, 2.75) is 40.0 Å². The number of aryl methyl sites for hydroxylation is 2. The number of hydrogen-bond acceptors (Lipinski definition) is 1. The van der Waals surface area contributed by atoms with Gasteiger partial charge >= 0.3 is 0 Å². The van der Waals surface area contributed by atoms with Gasteiger partial charge in [0.25, 0.3) is 0 Å². The Bertz CT molecular complexity index is 2530. The van der Waals surface area contributed by atoms with Crippen molar-refractivity contribution < 1.29 is 0 Å². The summed E-state index contributed by atoms with van der Waals surface area (Å²) >= 11 is 0. The van der Waals surface area contributed by atoms with E-state index in [0.717, 1.165) is 34.9 Å². The Kier molecular flexibility index (Phi) is 7.51. The van der Waals surface area contributed by atoms with Gasteiger partial charge in [0.15, 0.2) is 0 Å². The first-order valence-corrected chi connectivity index (χ1v) is 18.1. The molecule has 3 nitrogen and oxygen atoms in total. The SMILES string of the molecule is CCC(C)c1ccc(N(c2ccc(-n3c4ccccc4c4cc(C)ccc43)cc2)c2ccc(-n3c4ccccc4c4cc(C)ccc43)cc2)cc1. The molecule has 2 aromatic heterocycles. The highest BCUT2D eigenvalue weighted by molar-refractivity contribution is 6.10. The number of para-hydroxylation sites is 2. The summed E-state index contributed by atoms with van der Waals surface area (Å²) in [6.07, 6.45) is 1.12. The molecular weight excluding hydrogens is 619 g/mol. The van der Waals surface area contributed by atoms with Crippen molar-refractivity contribution >= 4 is 60.7 Å². The van der Waals surface area contributed by atoms with E-state index in [-0.39, 0.29) is 0 Å². The van der Waals surface area contributed by atoms with Crippen molar-refractivity contribution in [3.05, 3.63) is 174 Å². The molecule has 51 heavy (non-hydrogen) atoms. The number of benzene rings is 7. The highest BCUT2D eigenvalue weighted by Gasteiger charge is 2.17. The molecule has 0 amide bonds. The van der Waals surface area contributed by atoms with Crippen molar-refractivity contribution in [2.24, 2.45) is 0 Å². The van der Waals surface area contributed by atoms with Crippen LogP contribution in [0.5, 0.6) is 0 Å². The molecule has 1 unspecified atom stereocenters. The van der Waals surface area contributed by atoms with E-state index in [4.69, 9.17) is 0 Å². The summed E-state index contributed by atoms with van der Waals surface area (Å²) in [4.78, 5) is 2.37. The molecule has 0 N–H and O–H groups in total. The molecule has 2 heterocycles. The van der Waals surface area contributed by atoms with E-state index in [1.165, 1.54) is 60.3 Å². The second-order valence-corrected chi connectivity index (χ2v) is 14.0. The maximum Gasteiger partial charge on any atom is 0.0541 e. The molecule has 0 fully saturated rings. The molecule has 0 aliphatic carbocycles. The number of nitrogens with zero attached hydrogens (tertiary/aromatic N) is 3. The first-order chi connectivity index (χ1) is 25.0. The van der Waals surface area contributed by atoms with Gasteiger partial charge in [0, 0.05) is 50.0 Å². The fourth-order valence-electron chi connectivity index (χ4n) is 7.87. The summed E-state index contributed by atoms with van der Waals surface area (Å²) in [7, 11) is 0. The quantitative estimate of drug-likeness (QED) is 0.166. The maximum absolute atomic E-state index is 2.39. The predicted molar refractivity (Wildman–Crippen MR) is 218 cm³/mol. The molecule has 9 rings (SSSR count).